The van der Waals surface area contributed by atoms with E-state index in [0.717, 1.165) is 21.7 Å². The number of hydrogen-bond donors (Lipinski definition) is 2. The molecule has 2 aromatic rings. The van der Waals surface area contributed by atoms with Crippen molar-refractivity contribution in [2.45, 2.75) is 65.1 Å². The van der Waals surface area contributed by atoms with Gasteiger partial charge in [0, 0.05) is 19.4 Å². The third kappa shape index (κ3) is 4.96. The molecule has 30 heavy (non-hydrogen) atoms. The quantitative estimate of drug-likeness (QED) is 0.736. The minimum Gasteiger partial charge on any atom is -0.391 e. The molecule has 3 atom stereocenters. The Bertz CT molecular complexity index is 901. The van der Waals surface area contributed by atoms with Gasteiger partial charge in [-0.2, -0.15) is 0 Å². The molecule has 7 heteroatoms. The number of nitrogens with zero attached hydrogens (tertiary/aromatic N) is 2. The summed E-state index contributed by atoms with van der Waals surface area (Å²) in [4.78, 5) is 32.7. The van der Waals surface area contributed by atoms with Gasteiger partial charge in [0.1, 0.15) is 0 Å². The molecule has 0 aliphatic carbocycles. The number of aryl methyl sites for hydroxylation is 2. The predicted octanol–water partition coefficient (Wildman–Crippen LogP) is 2.96. The van der Waals surface area contributed by atoms with Crippen molar-refractivity contribution in [1.82, 2.24) is 9.88 Å². The minimum absolute atomic E-state index is 0.0246. The maximum absolute atomic E-state index is 12.9. The maximum Gasteiger partial charge on any atom is 0.240 e. The van der Waals surface area contributed by atoms with Gasteiger partial charge in [-0.05, 0) is 29.9 Å². The van der Waals surface area contributed by atoms with Crippen LogP contribution in [0.25, 0.3) is 10.4 Å². The van der Waals surface area contributed by atoms with E-state index in [9.17, 15) is 14.7 Å². The largest absolute Gasteiger partial charge is 0.391 e. The maximum atomic E-state index is 12.9. The van der Waals surface area contributed by atoms with Gasteiger partial charge in [0.2, 0.25) is 5.91 Å². The summed E-state index contributed by atoms with van der Waals surface area (Å²) in [7, 11) is 0. The average molecular weight is 430 g/mol. The van der Waals surface area contributed by atoms with Gasteiger partial charge in [-0.15, -0.1) is 11.3 Å². The number of aliphatic hydroxyl groups is 1. The van der Waals surface area contributed by atoms with Crippen LogP contribution in [0, 0.1) is 12.3 Å². The first-order valence-electron chi connectivity index (χ1n) is 10.3. The molecule has 1 aliphatic heterocycles. The lowest BCUT2D eigenvalue weighted by atomic mass is 9.86. The molecule has 0 unspecified atom stereocenters. The molecule has 3 rings (SSSR count). The van der Waals surface area contributed by atoms with Gasteiger partial charge in [0.15, 0.2) is 5.78 Å². The molecule has 2 heterocycles. The summed E-state index contributed by atoms with van der Waals surface area (Å²) < 4.78 is 0. The highest BCUT2D eigenvalue weighted by molar-refractivity contribution is 7.13. The smallest absolute Gasteiger partial charge is 0.240 e. The summed E-state index contributed by atoms with van der Waals surface area (Å²) in [5, 5.41) is 10.1. The highest BCUT2D eigenvalue weighted by Crippen LogP contribution is 2.28. The number of aliphatic hydroxyl groups excluding tert-OH is 1. The minimum atomic E-state index is -0.708. The van der Waals surface area contributed by atoms with Crippen LogP contribution in [0.2, 0.25) is 0 Å². The number of likely N-dealkylation sites (tertiary alicyclic amines) is 1. The Labute approximate surface area is 182 Å². The first-order valence-corrected chi connectivity index (χ1v) is 11.2. The summed E-state index contributed by atoms with van der Waals surface area (Å²) in [5.41, 5.74) is 10.8. The van der Waals surface area contributed by atoms with Crippen molar-refractivity contribution in [2.24, 2.45) is 11.1 Å². The van der Waals surface area contributed by atoms with Crippen LogP contribution in [-0.2, 0) is 16.0 Å². The molecule has 0 bridgehead atoms. The second-order valence-corrected chi connectivity index (χ2v) is 10.0. The lowest BCUT2D eigenvalue weighted by Gasteiger charge is -2.32. The van der Waals surface area contributed by atoms with Gasteiger partial charge in [-0.3, -0.25) is 9.59 Å². The molecule has 0 radical (unpaired) electrons. The monoisotopic (exact) mass is 429 g/mol. The van der Waals surface area contributed by atoms with Crippen LogP contribution in [-0.4, -0.2) is 51.4 Å². The van der Waals surface area contributed by atoms with Gasteiger partial charge in [0.25, 0.3) is 0 Å². The lowest BCUT2D eigenvalue weighted by Crippen LogP contribution is -2.53. The van der Waals surface area contributed by atoms with E-state index in [-0.39, 0.29) is 24.7 Å². The molecule has 1 aromatic heterocycles. The average Bonchev–Trinajstić information content (AvgIpc) is 3.30. The van der Waals surface area contributed by atoms with E-state index in [4.69, 9.17) is 5.73 Å². The van der Waals surface area contributed by atoms with Crippen LogP contribution in [0.1, 0.15) is 44.9 Å². The number of carbonyl (C=O) groups excluding carboxylic acids is 2. The van der Waals surface area contributed by atoms with Crippen LogP contribution < -0.4 is 5.73 Å². The molecule has 3 N–H and O–H groups in total. The highest BCUT2D eigenvalue weighted by atomic mass is 32.1. The summed E-state index contributed by atoms with van der Waals surface area (Å²) in [6.45, 7) is 7.86. The highest BCUT2D eigenvalue weighted by Gasteiger charge is 2.42. The molecule has 6 nitrogen and oxygen atoms in total. The Hall–Kier alpha value is -2.09. The number of amides is 1. The summed E-state index contributed by atoms with van der Waals surface area (Å²) in [6, 6.07) is 6.86. The number of Topliss-reactive ketones (excluding diaryl/α,β-unsaturated/α-hetero) is 1. The summed E-state index contributed by atoms with van der Waals surface area (Å²) in [6.07, 6.45) is 0.522. The van der Waals surface area contributed by atoms with Crippen molar-refractivity contribution in [3.63, 3.8) is 0 Å². The Kier molecular flexibility index (Phi) is 6.75. The number of nitrogens with two attached hydrogens (primary N) is 1. The van der Waals surface area contributed by atoms with Gasteiger partial charge < -0.3 is 15.7 Å². The second kappa shape index (κ2) is 8.96. The summed E-state index contributed by atoms with van der Waals surface area (Å²) in [5.74, 6) is -0.287. The van der Waals surface area contributed by atoms with Crippen molar-refractivity contribution in [3.8, 4) is 10.4 Å². The zero-order valence-corrected chi connectivity index (χ0v) is 18.9. The van der Waals surface area contributed by atoms with Gasteiger partial charge >= 0.3 is 0 Å². The van der Waals surface area contributed by atoms with E-state index in [1.807, 2.05) is 45.3 Å². The Morgan fingerprint density at radius 1 is 1.30 bits per heavy atom. The van der Waals surface area contributed by atoms with E-state index in [0.29, 0.717) is 12.8 Å². The molecule has 1 aromatic carbocycles. The predicted molar refractivity (Wildman–Crippen MR) is 119 cm³/mol. The fourth-order valence-electron chi connectivity index (χ4n) is 3.75. The molecular formula is C23H31N3O3S. The van der Waals surface area contributed by atoms with Crippen LogP contribution in [0.4, 0.5) is 0 Å². The number of β-amino-alcohol motifs (C(OH)–C–C–N with tert-alkyl or cyclic N) is 1. The van der Waals surface area contributed by atoms with E-state index in [1.54, 1.807) is 11.3 Å². The molecule has 1 fully saturated rings. The van der Waals surface area contributed by atoms with E-state index in [1.165, 1.54) is 4.90 Å². The fourth-order valence-corrected chi connectivity index (χ4v) is 4.56. The van der Waals surface area contributed by atoms with Crippen molar-refractivity contribution < 1.29 is 14.7 Å². The Morgan fingerprint density at radius 3 is 2.53 bits per heavy atom. The third-order valence-electron chi connectivity index (χ3n) is 5.75. The number of rotatable bonds is 6. The molecule has 1 saturated heterocycles. The topological polar surface area (TPSA) is 96.5 Å². The van der Waals surface area contributed by atoms with Crippen molar-refractivity contribution in [3.05, 3.63) is 41.0 Å². The number of benzene rings is 1. The zero-order chi connectivity index (χ0) is 22.1. The van der Waals surface area contributed by atoms with Crippen molar-refractivity contribution in [2.75, 3.05) is 6.54 Å². The molecule has 0 spiro atoms. The normalized spacial score (nSPS) is 20.4. The van der Waals surface area contributed by atoms with Crippen molar-refractivity contribution in [1.29, 1.82) is 0 Å². The first kappa shape index (κ1) is 22.6. The number of aromatic nitrogens is 1. The van der Waals surface area contributed by atoms with E-state index in [2.05, 4.69) is 17.1 Å². The molecule has 0 saturated carbocycles. The first-order chi connectivity index (χ1) is 14.1. The molecule has 1 amide bonds. The number of ketones is 1. The van der Waals surface area contributed by atoms with Crippen LogP contribution in [0.5, 0.6) is 0 Å². The number of hydrogen-bond acceptors (Lipinski definition) is 6. The van der Waals surface area contributed by atoms with Crippen LogP contribution >= 0.6 is 11.3 Å². The standard InChI is InChI=1S/C23H31N3O3S/c1-14-20(30-13-25-14)16-8-5-15(6-9-16)7-10-19(28)18-11-17(27)12-26(18)22(29)21(24)23(2,3)4/h5-6,8-9,13,17-18,21,27H,7,10-12,24H2,1-4H3/t17-,18+,21-/m0/s1. The van der Waals surface area contributed by atoms with Crippen LogP contribution in [0.3, 0.4) is 0 Å². The zero-order valence-electron chi connectivity index (χ0n) is 18.1. The Morgan fingerprint density at radius 2 is 1.97 bits per heavy atom. The van der Waals surface area contributed by atoms with Crippen molar-refractivity contribution >= 4 is 23.0 Å². The van der Waals surface area contributed by atoms with Crippen LogP contribution in [0.15, 0.2) is 29.8 Å². The van der Waals surface area contributed by atoms with E-state index < -0.39 is 23.6 Å². The van der Waals surface area contributed by atoms with Gasteiger partial charge in [0.05, 0.1) is 34.3 Å². The molecular weight excluding hydrogens is 398 g/mol. The lowest BCUT2D eigenvalue weighted by molar-refractivity contribution is -0.140. The number of thiazole rings is 1. The second-order valence-electron chi connectivity index (χ2n) is 9.17. The SMILES string of the molecule is Cc1ncsc1-c1ccc(CCC(=O)[C@H]2C[C@H](O)CN2C(=O)[C@H](N)C(C)(C)C)cc1. The molecule has 162 valence electrons. The van der Waals surface area contributed by atoms with E-state index >= 15 is 0 Å². The van der Waals surface area contributed by atoms with Gasteiger partial charge in [-0.25, -0.2) is 4.98 Å². The third-order valence-corrected chi connectivity index (χ3v) is 6.73. The number of carbonyl (C=O) groups is 2. The Balaban J connectivity index is 1.63. The summed E-state index contributed by atoms with van der Waals surface area (Å²) >= 11 is 1.61. The molecule has 1 aliphatic rings. The fraction of sp³-hybridized carbons (Fsp3) is 0.522. The van der Waals surface area contributed by atoms with Gasteiger partial charge in [-0.1, -0.05) is 45.0 Å².